The molecule has 0 bridgehead atoms. The van der Waals surface area contributed by atoms with Crippen LogP contribution in [-0.2, 0) is 0 Å². The summed E-state index contributed by atoms with van der Waals surface area (Å²) in [6.45, 7) is 7.88. The van der Waals surface area contributed by atoms with Gasteiger partial charge in [0.25, 0.3) is 0 Å². The summed E-state index contributed by atoms with van der Waals surface area (Å²) in [5.41, 5.74) is 0. The molecule has 2 atom stereocenters. The van der Waals surface area contributed by atoms with Crippen LogP contribution in [0.1, 0.15) is 26.7 Å². The Hall–Kier alpha value is 0.1000. The molecule has 4 nitrogen and oxygen atoms in total. The van der Waals surface area contributed by atoms with Crippen molar-refractivity contribution in [2.45, 2.75) is 38.1 Å². The maximum absolute atomic E-state index is 12.5. The van der Waals surface area contributed by atoms with Crippen molar-refractivity contribution in [3.05, 3.63) is 0 Å². The van der Waals surface area contributed by atoms with Gasteiger partial charge in [-0.1, -0.05) is 6.92 Å². The molecule has 2 aliphatic rings. The Balaban J connectivity index is 0.00000312. The molecular weight excluding hydrogens is 464 g/mol. The molecule has 0 amide bonds. The van der Waals surface area contributed by atoms with E-state index in [1.165, 1.54) is 4.90 Å². The molecule has 0 saturated carbocycles. The number of guanidine groups is 1. The molecule has 0 spiro atoms. The minimum atomic E-state index is -4.10. The molecule has 2 unspecified atom stereocenters. The topological polar surface area (TPSA) is 30.9 Å². The molecule has 2 fully saturated rings. The van der Waals surface area contributed by atoms with Gasteiger partial charge in [0.15, 0.2) is 5.96 Å². The van der Waals surface area contributed by atoms with E-state index in [0.29, 0.717) is 24.9 Å². The third kappa shape index (κ3) is 8.11. The molecule has 0 aromatic carbocycles. The Kier molecular flexibility index (Phi) is 10.2. The average Bonchev–Trinajstić information content (AvgIpc) is 2.96. The van der Waals surface area contributed by atoms with Crippen LogP contribution < -0.4 is 5.32 Å². The second-order valence-corrected chi connectivity index (χ2v) is 7.95. The molecule has 0 aliphatic carbocycles. The van der Waals surface area contributed by atoms with Crippen LogP contribution in [0.15, 0.2) is 4.99 Å². The summed E-state index contributed by atoms with van der Waals surface area (Å²) < 4.78 is 37.4. The first kappa shape index (κ1) is 23.1. The summed E-state index contributed by atoms with van der Waals surface area (Å²) in [5.74, 6) is 2.25. The highest BCUT2D eigenvalue weighted by Gasteiger charge is 2.34. The van der Waals surface area contributed by atoms with E-state index in [1.54, 1.807) is 0 Å². The lowest BCUT2D eigenvalue weighted by Crippen LogP contribution is -2.48. The number of hydrogen-bond acceptors (Lipinski definition) is 3. The predicted molar refractivity (Wildman–Crippen MR) is 110 cm³/mol. The number of likely N-dealkylation sites (tertiary alicyclic amines) is 1. The van der Waals surface area contributed by atoms with Gasteiger partial charge in [-0.05, 0) is 32.2 Å². The monoisotopic (exact) mass is 494 g/mol. The van der Waals surface area contributed by atoms with Crippen LogP contribution in [0.2, 0.25) is 0 Å². The average molecular weight is 494 g/mol. The number of nitrogens with one attached hydrogen (secondary N) is 1. The van der Waals surface area contributed by atoms with E-state index in [-0.39, 0.29) is 29.9 Å². The fourth-order valence-corrected chi connectivity index (χ4v) is 4.44. The summed E-state index contributed by atoms with van der Waals surface area (Å²) in [6.07, 6.45) is -2.16. The maximum Gasteiger partial charge on any atom is 0.401 e. The zero-order valence-corrected chi connectivity index (χ0v) is 18.2. The van der Waals surface area contributed by atoms with Crippen LogP contribution in [0, 0.1) is 5.92 Å². The Morgan fingerprint density at radius 2 is 2.00 bits per heavy atom. The highest BCUT2D eigenvalue weighted by molar-refractivity contribution is 14.0. The molecule has 148 valence electrons. The van der Waals surface area contributed by atoms with E-state index >= 15 is 0 Å². The summed E-state index contributed by atoms with van der Waals surface area (Å²) in [5, 5.41) is 3.98. The molecular formula is C16H30F3IN4S. The van der Waals surface area contributed by atoms with Crippen LogP contribution in [0.3, 0.4) is 0 Å². The standard InChI is InChI=1S/C16H29F3N4S.HI/c1-3-14-11-23(7-8-24-14)15(20-4-2)21-9-13-5-6-22(10-13)12-16(17,18)19;/h13-14H,3-12H2,1-2H3,(H,20,21);1H. The lowest BCUT2D eigenvalue weighted by Gasteiger charge is -2.34. The molecule has 0 aromatic rings. The molecule has 0 radical (unpaired) electrons. The fraction of sp³-hybridized carbons (Fsp3) is 0.938. The minimum absolute atomic E-state index is 0. The van der Waals surface area contributed by atoms with Gasteiger partial charge in [-0.15, -0.1) is 24.0 Å². The second kappa shape index (κ2) is 11.1. The predicted octanol–water partition coefficient (Wildman–Crippen LogP) is 3.28. The molecule has 2 saturated heterocycles. The van der Waals surface area contributed by atoms with Gasteiger partial charge in [-0.2, -0.15) is 24.9 Å². The molecule has 0 aromatic heterocycles. The van der Waals surface area contributed by atoms with Crippen molar-refractivity contribution < 1.29 is 13.2 Å². The molecule has 9 heteroatoms. The van der Waals surface area contributed by atoms with E-state index in [4.69, 9.17) is 4.99 Å². The van der Waals surface area contributed by atoms with Crippen LogP contribution >= 0.6 is 35.7 Å². The highest BCUT2D eigenvalue weighted by atomic mass is 127. The lowest BCUT2D eigenvalue weighted by atomic mass is 10.1. The van der Waals surface area contributed by atoms with Crippen LogP contribution in [0.4, 0.5) is 13.2 Å². The zero-order chi connectivity index (χ0) is 17.6. The van der Waals surface area contributed by atoms with Gasteiger partial charge in [0.1, 0.15) is 0 Å². The van der Waals surface area contributed by atoms with Gasteiger partial charge in [0, 0.05) is 43.7 Å². The third-order valence-corrected chi connectivity index (χ3v) is 5.87. The Bertz CT molecular complexity index is 423. The number of aliphatic imine (C=N–C) groups is 1. The molecule has 25 heavy (non-hydrogen) atoms. The van der Waals surface area contributed by atoms with Crippen LogP contribution in [0.25, 0.3) is 0 Å². The van der Waals surface area contributed by atoms with Crippen LogP contribution in [-0.4, -0.2) is 78.8 Å². The Labute approximate surface area is 170 Å². The molecule has 2 rings (SSSR count). The van der Waals surface area contributed by atoms with Crippen molar-refractivity contribution in [1.29, 1.82) is 0 Å². The van der Waals surface area contributed by atoms with Gasteiger partial charge >= 0.3 is 6.18 Å². The summed E-state index contributed by atoms with van der Waals surface area (Å²) in [4.78, 5) is 8.53. The first-order valence-electron chi connectivity index (χ1n) is 8.85. The van der Waals surface area contributed by atoms with Crippen molar-refractivity contribution in [3.63, 3.8) is 0 Å². The van der Waals surface area contributed by atoms with Gasteiger partial charge in [0.05, 0.1) is 6.54 Å². The first-order valence-corrected chi connectivity index (χ1v) is 9.90. The Morgan fingerprint density at radius 1 is 1.24 bits per heavy atom. The summed E-state index contributed by atoms with van der Waals surface area (Å²) >= 11 is 2.01. The van der Waals surface area contributed by atoms with E-state index in [2.05, 4.69) is 17.1 Å². The Morgan fingerprint density at radius 3 is 2.64 bits per heavy atom. The summed E-state index contributed by atoms with van der Waals surface area (Å²) in [7, 11) is 0. The van der Waals surface area contributed by atoms with E-state index in [0.717, 1.165) is 44.2 Å². The van der Waals surface area contributed by atoms with Crippen molar-refractivity contribution in [3.8, 4) is 0 Å². The quantitative estimate of drug-likeness (QED) is 0.361. The van der Waals surface area contributed by atoms with Crippen molar-refractivity contribution >= 4 is 41.7 Å². The van der Waals surface area contributed by atoms with Gasteiger partial charge < -0.3 is 10.2 Å². The van der Waals surface area contributed by atoms with Crippen molar-refractivity contribution in [2.75, 3.05) is 51.6 Å². The largest absolute Gasteiger partial charge is 0.401 e. The first-order chi connectivity index (χ1) is 11.4. The number of alkyl halides is 3. The molecule has 2 heterocycles. The number of halogens is 4. The third-order valence-electron chi connectivity index (χ3n) is 4.50. The van der Waals surface area contributed by atoms with Gasteiger partial charge in [0.2, 0.25) is 0 Å². The molecule has 1 N–H and O–H groups in total. The highest BCUT2D eigenvalue weighted by Crippen LogP contribution is 2.24. The van der Waals surface area contributed by atoms with Crippen molar-refractivity contribution in [1.82, 2.24) is 15.1 Å². The van der Waals surface area contributed by atoms with E-state index in [9.17, 15) is 13.2 Å². The smallest absolute Gasteiger partial charge is 0.357 e. The number of thioether (sulfide) groups is 1. The normalized spacial score (nSPS) is 25.8. The molecule has 2 aliphatic heterocycles. The fourth-order valence-electron chi connectivity index (χ4n) is 3.26. The number of rotatable bonds is 5. The zero-order valence-electron chi connectivity index (χ0n) is 15.0. The van der Waals surface area contributed by atoms with E-state index in [1.807, 2.05) is 18.7 Å². The van der Waals surface area contributed by atoms with Crippen molar-refractivity contribution in [2.24, 2.45) is 10.9 Å². The maximum atomic E-state index is 12.5. The lowest BCUT2D eigenvalue weighted by molar-refractivity contribution is -0.143. The minimum Gasteiger partial charge on any atom is -0.357 e. The van der Waals surface area contributed by atoms with Gasteiger partial charge in [-0.25, -0.2) is 0 Å². The van der Waals surface area contributed by atoms with E-state index < -0.39 is 12.7 Å². The second-order valence-electron chi connectivity index (χ2n) is 6.55. The number of hydrogen-bond donors (Lipinski definition) is 1. The van der Waals surface area contributed by atoms with Crippen LogP contribution in [0.5, 0.6) is 0 Å². The van der Waals surface area contributed by atoms with Gasteiger partial charge in [-0.3, -0.25) is 9.89 Å². The SMILES string of the molecule is CCNC(=NCC1CCN(CC(F)(F)F)C1)N1CCSC(CC)C1.I. The summed E-state index contributed by atoms with van der Waals surface area (Å²) in [6, 6.07) is 0. The number of nitrogens with zero attached hydrogens (tertiary/aromatic N) is 3.